The van der Waals surface area contributed by atoms with Gasteiger partial charge in [-0.1, -0.05) is 0 Å². The molecule has 0 aliphatic carbocycles. The Morgan fingerprint density at radius 1 is 1.35 bits per heavy atom. The van der Waals surface area contributed by atoms with Crippen LogP contribution in [0.25, 0.3) is 0 Å². The lowest BCUT2D eigenvalue weighted by molar-refractivity contribution is -0.131. The largest absolute Gasteiger partial charge is 0.368 e. The molecular weight excluding hydrogens is 292 g/mol. The second kappa shape index (κ2) is 6.40. The number of nitrogens with zero attached hydrogens (tertiary/aromatic N) is 3. The summed E-state index contributed by atoms with van der Waals surface area (Å²) in [5.41, 5.74) is 5.32. The molecule has 129 valence electrons. The van der Waals surface area contributed by atoms with Gasteiger partial charge in [-0.25, -0.2) is 0 Å². The molecule has 3 fully saturated rings. The fraction of sp³-hybridized carbons (Fsp3) is 0.824. The molecule has 0 spiro atoms. The van der Waals surface area contributed by atoms with Crippen molar-refractivity contribution in [2.45, 2.75) is 56.7 Å². The van der Waals surface area contributed by atoms with Gasteiger partial charge in [0.25, 0.3) is 0 Å². The first-order valence-electron chi connectivity index (χ1n) is 8.78. The van der Waals surface area contributed by atoms with Crippen molar-refractivity contribution in [3.63, 3.8) is 0 Å². The molecule has 6 nitrogen and oxygen atoms in total. The van der Waals surface area contributed by atoms with Crippen molar-refractivity contribution < 1.29 is 9.59 Å². The summed E-state index contributed by atoms with van der Waals surface area (Å²) in [4.78, 5) is 30.2. The van der Waals surface area contributed by atoms with Crippen LogP contribution in [-0.4, -0.2) is 77.4 Å². The van der Waals surface area contributed by atoms with Crippen LogP contribution in [0.4, 0.5) is 0 Å². The van der Waals surface area contributed by atoms with Crippen LogP contribution in [0, 0.1) is 6.42 Å². The monoisotopic (exact) mass is 321 g/mol. The Labute approximate surface area is 139 Å². The maximum Gasteiger partial charge on any atom is 0.237 e. The second-order valence-electron chi connectivity index (χ2n) is 7.38. The third kappa shape index (κ3) is 2.98. The van der Waals surface area contributed by atoms with E-state index < -0.39 is 5.54 Å². The number of carbonyl (C=O) groups is 2. The number of likely N-dealkylation sites (N-methyl/N-ethyl adjacent to an activating group) is 1. The summed E-state index contributed by atoms with van der Waals surface area (Å²) in [5.74, 6) is -0.0271. The summed E-state index contributed by atoms with van der Waals surface area (Å²) >= 11 is 0. The summed E-state index contributed by atoms with van der Waals surface area (Å²) in [6, 6.07) is 0.804. The molecular formula is C17H29N4O2. The van der Waals surface area contributed by atoms with E-state index in [0.29, 0.717) is 12.1 Å². The van der Waals surface area contributed by atoms with Gasteiger partial charge in [-0.2, -0.15) is 0 Å². The molecule has 2 N–H and O–H groups in total. The maximum absolute atomic E-state index is 12.1. The predicted octanol–water partition coefficient (Wildman–Crippen LogP) is 0.226. The van der Waals surface area contributed by atoms with Gasteiger partial charge in [0.05, 0.1) is 0 Å². The van der Waals surface area contributed by atoms with Crippen molar-refractivity contribution in [3.05, 3.63) is 6.42 Å². The van der Waals surface area contributed by atoms with Crippen LogP contribution >= 0.6 is 0 Å². The van der Waals surface area contributed by atoms with Gasteiger partial charge in [0.2, 0.25) is 11.8 Å². The fourth-order valence-corrected chi connectivity index (χ4v) is 4.63. The molecule has 3 heterocycles. The van der Waals surface area contributed by atoms with E-state index in [9.17, 15) is 9.59 Å². The molecule has 0 aromatic heterocycles. The minimum atomic E-state index is -0.432. The predicted molar refractivity (Wildman–Crippen MR) is 88.5 cm³/mol. The summed E-state index contributed by atoms with van der Waals surface area (Å²) in [5, 5.41) is 0. The Morgan fingerprint density at radius 2 is 2.13 bits per heavy atom. The number of primary amides is 1. The average molecular weight is 321 g/mol. The minimum Gasteiger partial charge on any atom is -0.368 e. The Kier molecular flexibility index (Phi) is 4.65. The van der Waals surface area contributed by atoms with E-state index in [0.717, 1.165) is 58.3 Å². The van der Waals surface area contributed by atoms with Crippen molar-refractivity contribution in [2.24, 2.45) is 5.73 Å². The summed E-state index contributed by atoms with van der Waals surface area (Å²) in [6.45, 7) is 5.44. The summed E-state index contributed by atoms with van der Waals surface area (Å²) < 4.78 is 0. The minimum absolute atomic E-state index is 0.133. The van der Waals surface area contributed by atoms with Gasteiger partial charge in [-0.05, 0) is 38.5 Å². The number of fused-ring (bicyclic) bond motifs is 2. The number of nitrogens with two attached hydrogens (primary N) is 1. The first kappa shape index (κ1) is 16.7. The molecule has 1 radical (unpaired) electrons. The van der Waals surface area contributed by atoms with Crippen LogP contribution in [-0.2, 0) is 9.59 Å². The van der Waals surface area contributed by atoms with E-state index in [1.807, 2.05) is 11.9 Å². The highest BCUT2D eigenvalue weighted by atomic mass is 16.2. The molecule has 0 aromatic carbocycles. The van der Waals surface area contributed by atoms with Crippen molar-refractivity contribution in [1.29, 1.82) is 0 Å². The van der Waals surface area contributed by atoms with Crippen LogP contribution in [0.3, 0.4) is 0 Å². The van der Waals surface area contributed by atoms with Crippen LogP contribution in [0.1, 0.15) is 39.0 Å². The lowest BCUT2D eigenvalue weighted by Crippen LogP contribution is -2.59. The van der Waals surface area contributed by atoms with E-state index >= 15 is 0 Å². The molecule has 3 rings (SSSR count). The molecule has 2 amide bonds. The Bertz CT molecular complexity index is 479. The zero-order valence-corrected chi connectivity index (χ0v) is 14.3. The van der Waals surface area contributed by atoms with Gasteiger partial charge < -0.3 is 10.6 Å². The molecule has 3 aliphatic heterocycles. The second-order valence-corrected chi connectivity index (χ2v) is 7.38. The standard InChI is InChI=1S/C17H29N4O2/c1-13(22)19(2)15-6-9-20(12-15)10-11-21-14-4-3-7-17(21,8-5-14)16(18)23/h3,14-15H,4-12H2,1-2H3,(H2,18,23)/t14-,15+,17+/m1/s1. The van der Waals surface area contributed by atoms with E-state index in [-0.39, 0.29) is 11.8 Å². The van der Waals surface area contributed by atoms with E-state index in [1.165, 1.54) is 0 Å². The van der Waals surface area contributed by atoms with Crippen LogP contribution in [0.15, 0.2) is 0 Å². The van der Waals surface area contributed by atoms with Crippen molar-refractivity contribution in [1.82, 2.24) is 14.7 Å². The summed E-state index contributed by atoms with van der Waals surface area (Å²) in [6.07, 6.45) is 7.13. The van der Waals surface area contributed by atoms with Gasteiger partial charge in [0, 0.05) is 52.2 Å². The SMILES string of the molecule is CC(=O)N(C)[C@H]1CCN(CCN2[C@@H]3C[CH]C[C@@]2(C(N)=O)CC3)C1. The highest BCUT2D eigenvalue weighted by molar-refractivity contribution is 5.85. The molecule has 3 aliphatic rings. The molecule has 0 aromatic rings. The highest BCUT2D eigenvalue weighted by Gasteiger charge is 2.52. The van der Waals surface area contributed by atoms with Crippen molar-refractivity contribution >= 4 is 11.8 Å². The van der Waals surface area contributed by atoms with Crippen molar-refractivity contribution in [2.75, 3.05) is 33.2 Å². The zero-order chi connectivity index (χ0) is 16.6. The van der Waals surface area contributed by atoms with Gasteiger partial charge in [0.1, 0.15) is 5.54 Å². The fourth-order valence-electron chi connectivity index (χ4n) is 4.63. The zero-order valence-electron chi connectivity index (χ0n) is 14.3. The average Bonchev–Trinajstić information content (AvgIpc) is 3.05. The van der Waals surface area contributed by atoms with Gasteiger partial charge >= 0.3 is 0 Å². The molecule has 2 bridgehead atoms. The Balaban J connectivity index is 1.56. The number of hydrogen-bond acceptors (Lipinski definition) is 4. The normalized spacial score (nSPS) is 34.7. The van der Waals surface area contributed by atoms with Crippen LogP contribution < -0.4 is 5.73 Å². The molecule has 23 heavy (non-hydrogen) atoms. The molecule has 0 unspecified atom stereocenters. The van der Waals surface area contributed by atoms with Crippen molar-refractivity contribution in [3.8, 4) is 0 Å². The first-order chi connectivity index (χ1) is 10.9. The Hall–Kier alpha value is -1.14. The molecule has 3 saturated heterocycles. The first-order valence-corrected chi connectivity index (χ1v) is 8.78. The lowest BCUT2D eigenvalue weighted by Gasteiger charge is -2.43. The van der Waals surface area contributed by atoms with E-state index in [4.69, 9.17) is 5.73 Å². The smallest absolute Gasteiger partial charge is 0.237 e. The molecule has 6 heteroatoms. The number of amides is 2. The van der Waals surface area contributed by atoms with Gasteiger partial charge in [0.15, 0.2) is 0 Å². The van der Waals surface area contributed by atoms with E-state index in [2.05, 4.69) is 16.2 Å². The molecule has 3 atom stereocenters. The van der Waals surface area contributed by atoms with Crippen LogP contribution in [0.5, 0.6) is 0 Å². The number of piperidine rings is 1. The number of hydrogen-bond donors (Lipinski definition) is 1. The molecule has 0 saturated carbocycles. The number of carbonyl (C=O) groups excluding carboxylic acids is 2. The number of likely N-dealkylation sites (tertiary alicyclic amines) is 1. The van der Waals surface area contributed by atoms with E-state index in [1.54, 1.807) is 6.92 Å². The maximum atomic E-state index is 12.1. The highest BCUT2D eigenvalue weighted by Crippen LogP contribution is 2.43. The van der Waals surface area contributed by atoms with Gasteiger partial charge in [-0.3, -0.25) is 19.4 Å². The third-order valence-corrected chi connectivity index (χ3v) is 6.21. The van der Waals surface area contributed by atoms with Gasteiger partial charge in [-0.15, -0.1) is 0 Å². The van der Waals surface area contributed by atoms with Crippen LogP contribution in [0.2, 0.25) is 0 Å². The number of rotatable bonds is 5. The quantitative estimate of drug-likeness (QED) is 0.787. The topological polar surface area (TPSA) is 69.9 Å². The summed E-state index contributed by atoms with van der Waals surface area (Å²) in [7, 11) is 1.89. The lowest BCUT2D eigenvalue weighted by atomic mass is 9.87. The third-order valence-electron chi connectivity index (χ3n) is 6.21. The Morgan fingerprint density at radius 3 is 2.83 bits per heavy atom.